The van der Waals surface area contributed by atoms with Crippen molar-refractivity contribution in [3.8, 4) is 18.0 Å². The summed E-state index contributed by atoms with van der Waals surface area (Å²) in [6.07, 6.45) is 8.72. The van der Waals surface area contributed by atoms with Crippen molar-refractivity contribution in [3.63, 3.8) is 0 Å². The minimum Gasteiger partial charge on any atom is -0.466 e. The van der Waals surface area contributed by atoms with Crippen LogP contribution in [0.5, 0.6) is 11.9 Å². The molecule has 1 unspecified atom stereocenters. The van der Waals surface area contributed by atoms with Gasteiger partial charge in [0.05, 0.1) is 11.6 Å². The molecule has 9 heteroatoms. The highest BCUT2D eigenvalue weighted by molar-refractivity contribution is 5.87. The van der Waals surface area contributed by atoms with E-state index in [0.29, 0.717) is 50.7 Å². The maximum Gasteiger partial charge on any atom is 0.321 e. The van der Waals surface area contributed by atoms with Crippen LogP contribution in [0.3, 0.4) is 0 Å². The Morgan fingerprint density at radius 3 is 2.71 bits per heavy atom. The molecule has 1 aromatic carbocycles. The largest absolute Gasteiger partial charge is 0.466 e. The van der Waals surface area contributed by atoms with Crippen molar-refractivity contribution in [2.45, 2.75) is 70.4 Å². The molecule has 0 radical (unpaired) electrons. The number of likely N-dealkylation sites (tertiary alicyclic amines) is 1. The summed E-state index contributed by atoms with van der Waals surface area (Å²) in [6.45, 7) is 12.7. The average molecular weight is 559 g/mol. The highest BCUT2D eigenvalue weighted by Crippen LogP contribution is 2.48. The van der Waals surface area contributed by atoms with Crippen LogP contribution in [0.2, 0.25) is 0 Å². The number of piperazine rings is 1. The smallest absolute Gasteiger partial charge is 0.321 e. The quantitative estimate of drug-likeness (QED) is 0.486. The number of ether oxygens (including phenoxy) is 2. The summed E-state index contributed by atoms with van der Waals surface area (Å²) in [7, 11) is 0. The zero-order chi connectivity index (χ0) is 28.8. The minimum atomic E-state index is -0.343. The van der Waals surface area contributed by atoms with E-state index in [2.05, 4.69) is 47.6 Å². The van der Waals surface area contributed by atoms with Gasteiger partial charge >= 0.3 is 6.01 Å². The van der Waals surface area contributed by atoms with Gasteiger partial charge in [-0.3, -0.25) is 9.69 Å². The third-order valence-electron chi connectivity index (χ3n) is 8.91. The molecule has 4 aliphatic rings. The van der Waals surface area contributed by atoms with E-state index in [-0.39, 0.29) is 11.5 Å². The first-order valence-corrected chi connectivity index (χ1v) is 15.0. The number of hydrogen-bond acceptors (Lipinski definition) is 8. The van der Waals surface area contributed by atoms with Gasteiger partial charge in [-0.05, 0) is 75.2 Å². The van der Waals surface area contributed by atoms with Gasteiger partial charge < -0.3 is 19.3 Å². The molecule has 3 aliphatic heterocycles. The third-order valence-corrected chi connectivity index (χ3v) is 8.91. The molecule has 1 aliphatic carbocycles. The van der Waals surface area contributed by atoms with Crippen LogP contribution >= 0.6 is 0 Å². The number of aryl methyl sites for hydroxylation is 1. The van der Waals surface area contributed by atoms with Crippen LogP contribution in [0.25, 0.3) is 0 Å². The predicted molar refractivity (Wildman–Crippen MR) is 158 cm³/mol. The Labute approximate surface area is 243 Å². The second-order valence-electron chi connectivity index (χ2n) is 11.2. The van der Waals surface area contributed by atoms with E-state index in [9.17, 15) is 4.79 Å². The zero-order valence-corrected chi connectivity index (χ0v) is 24.5. The van der Waals surface area contributed by atoms with Crippen molar-refractivity contribution < 1.29 is 14.3 Å². The average Bonchev–Trinajstić information content (AvgIpc) is 3.47. The fraction of sp³-hybridized carbons (Fsp3) is 0.562. The first-order valence-electron chi connectivity index (χ1n) is 15.0. The van der Waals surface area contributed by atoms with E-state index >= 15 is 0 Å². The summed E-state index contributed by atoms with van der Waals surface area (Å²) in [6, 6.07) is 11.3. The lowest BCUT2D eigenvalue weighted by Gasteiger charge is -2.43. The third kappa shape index (κ3) is 6.03. The highest BCUT2D eigenvalue weighted by atomic mass is 16.5. The van der Waals surface area contributed by atoms with Gasteiger partial charge in [0.1, 0.15) is 18.0 Å². The SMILES string of the molecule is C=CC(=O)N1CCN(c2nc(OC[C@@H]3CCCN3CC)nc3c2CCC2(CCCc4ccccc42)O3)CC1.CC#N. The summed E-state index contributed by atoms with van der Waals surface area (Å²) in [5.41, 5.74) is 3.41. The number of nitriles is 1. The standard InChI is InChI=1S/C30H39N5O3.C2H3N/c1-3-26(36)34-17-19-35(20-18-34)27-24-13-15-30(14-7-10-22-9-5-6-12-25(22)30)38-28(24)32-29(31-27)37-21-23-11-8-16-33(23)4-2;1-2-3/h3,5-6,9,12,23H,1,4,7-8,10-11,13-21H2,2H3;1H3/t23-,30?;/m0./s1. The van der Waals surface area contributed by atoms with Crippen molar-refractivity contribution >= 4 is 11.7 Å². The number of carbonyl (C=O) groups excluding carboxylic acids is 1. The molecule has 2 saturated heterocycles. The molecule has 9 nitrogen and oxygen atoms in total. The number of benzene rings is 1. The van der Waals surface area contributed by atoms with Gasteiger partial charge in [0.25, 0.3) is 0 Å². The van der Waals surface area contributed by atoms with Crippen molar-refractivity contribution in [2.75, 3.05) is 50.8 Å². The normalized spacial score (nSPS) is 23.4. The van der Waals surface area contributed by atoms with Gasteiger partial charge in [0, 0.05) is 39.1 Å². The molecule has 41 heavy (non-hydrogen) atoms. The molecule has 1 amide bonds. The van der Waals surface area contributed by atoms with Crippen LogP contribution in [-0.2, 0) is 23.2 Å². The molecule has 0 bridgehead atoms. The Kier molecular flexibility index (Phi) is 9.09. The number of anilines is 1. The molecule has 4 heterocycles. The monoisotopic (exact) mass is 558 g/mol. The van der Waals surface area contributed by atoms with Crippen molar-refractivity contribution in [1.82, 2.24) is 19.8 Å². The van der Waals surface area contributed by atoms with Crippen molar-refractivity contribution in [2.24, 2.45) is 0 Å². The van der Waals surface area contributed by atoms with Gasteiger partial charge in [0.2, 0.25) is 11.8 Å². The van der Waals surface area contributed by atoms with E-state index in [1.54, 1.807) is 6.07 Å². The van der Waals surface area contributed by atoms with E-state index in [1.807, 2.05) is 4.90 Å². The maximum atomic E-state index is 12.2. The first kappa shape index (κ1) is 28.9. The number of nitrogens with zero attached hydrogens (tertiary/aromatic N) is 6. The molecule has 1 aromatic heterocycles. The number of fused-ring (bicyclic) bond motifs is 3. The van der Waals surface area contributed by atoms with Gasteiger partial charge in [0.15, 0.2) is 0 Å². The number of rotatable bonds is 6. The summed E-state index contributed by atoms with van der Waals surface area (Å²) in [5.74, 6) is 1.54. The lowest BCUT2D eigenvalue weighted by Crippen LogP contribution is -2.49. The molecule has 6 rings (SSSR count). The van der Waals surface area contributed by atoms with Crippen LogP contribution in [0.1, 0.15) is 62.6 Å². The minimum absolute atomic E-state index is 0.0170. The predicted octanol–water partition coefficient (Wildman–Crippen LogP) is 4.26. The van der Waals surface area contributed by atoms with E-state index in [0.717, 1.165) is 63.0 Å². The number of likely N-dealkylation sites (N-methyl/N-ethyl adjacent to an activating group) is 1. The number of hydrogen-bond donors (Lipinski definition) is 0. The summed E-state index contributed by atoms with van der Waals surface area (Å²) in [5, 5.41) is 7.32. The second-order valence-corrected chi connectivity index (χ2v) is 11.2. The molecular weight excluding hydrogens is 516 g/mol. The molecule has 0 saturated carbocycles. The fourth-order valence-corrected chi connectivity index (χ4v) is 6.81. The Morgan fingerprint density at radius 2 is 1.95 bits per heavy atom. The van der Waals surface area contributed by atoms with Gasteiger partial charge in [-0.1, -0.05) is 37.8 Å². The van der Waals surface area contributed by atoms with Gasteiger partial charge in [-0.2, -0.15) is 15.2 Å². The molecule has 2 fully saturated rings. The topological polar surface area (TPSA) is 94.8 Å². The number of carbonyl (C=O) groups is 1. The van der Waals surface area contributed by atoms with Crippen LogP contribution in [-0.4, -0.2) is 77.6 Å². The lowest BCUT2D eigenvalue weighted by atomic mass is 9.75. The maximum absolute atomic E-state index is 12.2. The second kappa shape index (κ2) is 12.9. The Hall–Kier alpha value is -3.64. The summed E-state index contributed by atoms with van der Waals surface area (Å²) < 4.78 is 13.2. The van der Waals surface area contributed by atoms with E-state index in [1.165, 1.54) is 30.5 Å². The molecule has 2 aromatic rings. The Morgan fingerprint density at radius 1 is 1.17 bits per heavy atom. The van der Waals surface area contributed by atoms with Crippen LogP contribution in [0.4, 0.5) is 5.82 Å². The highest BCUT2D eigenvalue weighted by Gasteiger charge is 2.43. The number of amides is 1. The van der Waals surface area contributed by atoms with Gasteiger partial charge in [-0.25, -0.2) is 0 Å². The molecule has 218 valence electrons. The molecular formula is C32H42N6O3. The summed E-state index contributed by atoms with van der Waals surface area (Å²) in [4.78, 5) is 28.6. The summed E-state index contributed by atoms with van der Waals surface area (Å²) >= 11 is 0. The fourth-order valence-electron chi connectivity index (χ4n) is 6.81. The van der Waals surface area contributed by atoms with Crippen LogP contribution < -0.4 is 14.4 Å². The lowest BCUT2D eigenvalue weighted by molar-refractivity contribution is -0.126. The zero-order valence-electron chi connectivity index (χ0n) is 24.5. The van der Waals surface area contributed by atoms with Gasteiger partial charge in [-0.15, -0.1) is 0 Å². The Bertz CT molecular complexity index is 1280. The van der Waals surface area contributed by atoms with Crippen LogP contribution in [0, 0.1) is 11.3 Å². The van der Waals surface area contributed by atoms with Crippen LogP contribution in [0.15, 0.2) is 36.9 Å². The molecule has 1 spiro atoms. The molecule has 0 N–H and O–H groups in total. The first-order chi connectivity index (χ1) is 20.0. The molecule has 2 atom stereocenters. The van der Waals surface area contributed by atoms with E-state index in [4.69, 9.17) is 24.7 Å². The number of aromatic nitrogens is 2. The van der Waals surface area contributed by atoms with Crippen molar-refractivity contribution in [3.05, 3.63) is 53.6 Å². The van der Waals surface area contributed by atoms with Crippen molar-refractivity contribution in [1.29, 1.82) is 5.26 Å². The Balaban J connectivity index is 0.00000108. The van der Waals surface area contributed by atoms with E-state index < -0.39 is 0 Å².